The molecule has 1 aliphatic rings. The number of amides is 2. The van der Waals surface area contributed by atoms with Crippen LogP contribution in [0.2, 0.25) is 0 Å². The average molecular weight is 334 g/mol. The third-order valence-electron chi connectivity index (χ3n) is 3.08. The number of hydrogen-bond donors (Lipinski definition) is 2. The van der Waals surface area contributed by atoms with Crippen LogP contribution in [0.4, 0.5) is 5.69 Å². The Bertz CT molecular complexity index is 647. The molecule has 0 atom stereocenters. The van der Waals surface area contributed by atoms with Crippen molar-refractivity contribution in [3.63, 3.8) is 0 Å². The van der Waals surface area contributed by atoms with Gasteiger partial charge in [0.2, 0.25) is 0 Å². The number of ether oxygens (including phenoxy) is 1. The molecule has 1 aromatic carbocycles. The van der Waals surface area contributed by atoms with Crippen molar-refractivity contribution in [3.8, 4) is 0 Å². The first-order valence-corrected chi connectivity index (χ1v) is 8.46. The van der Waals surface area contributed by atoms with Crippen molar-refractivity contribution in [2.75, 3.05) is 17.7 Å². The van der Waals surface area contributed by atoms with Gasteiger partial charge in [-0.3, -0.25) is 9.59 Å². The Morgan fingerprint density at radius 1 is 1.17 bits per heavy atom. The van der Waals surface area contributed by atoms with Gasteiger partial charge in [0.1, 0.15) is 10.7 Å². The van der Waals surface area contributed by atoms with Crippen molar-refractivity contribution in [1.82, 2.24) is 5.32 Å². The summed E-state index contributed by atoms with van der Waals surface area (Å²) in [5.74, 6) is 0.900. The summed E-state index contributed by atoms with van der Waals surface area (Å²) in [5, 5.41) is 5.72. The van der Waals surface area contributed by atoms with E-state index in [-0.39, 0.29) is 17.4 Å². The molecule has 5 nitrogen and oxygen atoms in total. The van der Waals surface area contributed by atoms with Crippen LogP contribution in [0.15, 0.2) is 34.9 Å². The predicted molar refractivity (Wildman–Crippen MR) is 93.4 cm³/mol. The molecule has 2 N–H and O–H groups in total. The van der Waals surface area contributed by atoms with E-state index in [1.165, 1.54) is 11.8 Å². The molecule has 1 aliphatic heterocycles. The van der Waals surface area contributed by atoms with Crippen molar-refractivity contribution in [1.29, 1.82) is 0 Å². The van der Waals surface area contributed by atoms with Gasteiger partial charge in [-0.15, -0.1) is 11.8 Å². The van der Waals surface area contributed by atoms with Gasteiger partial charge >= 0.3 is 0 Å². The van der Waals surface area contributed by atoms with E-state index in [0.717, 1.165) is 5.75 Å². The first-order chi connectivity index (χ1) is 10.8. The maximum Gasteiger partial charge on any atom is 0.265 e. The monoisotopic (exact) mass is 334 g/mol. The Hall–Kier alpha value is -1.95. The highest BCUT2D eigenvalue weighted by Crippen LogP contribution is 2.27. The number of carbonyl (C=O) groups excluding carboxylic acids is 2. The van der Waals surface area contributed by atoms with Crippen LogP contribution in [-0.2, 0) is 9.53 Å². The number of thioether (sulfide) groups is 1. The summed E-state index contributed by atoms with van der Waals surface area (Å²) in [6.45, 7) is 8.12. The second-order valence-electron chi connectivity index (χ2n) is 6.29. The Morgan fingerprint density at radius 3 is 2.52 bits per heavy atom. The number of allylic oxidation sites excluding steroid dienone is 1. The van der Waals surface area contributed by atoms with Crippen molar-refractivity contribution in [2.45, 2.75) is 33.2 Å². The zero-order chi connectivity index (χ0) is 17.0. The van der Waals surface area contributed by atoms with Crippen LogP contribution in [-0.4, -0.2) is 29.7 Å². The molecule has 124 valence electrons. The fraction of sp³-hybridized carbons (Fsp3) is 0.412. The predicted octanol–water partition coefficient (Wildman–Crippen LogP) is 3.15. The largest absolute Gasteiger partial charge is 0.496 e. The summed E-state index contributed by atoms with van der Waals surface area (Å²) in [5.41, 5.74) is 0.585. The minimum absolute atomic E-state index is 0.216. The maximum atomic E-state index is 12.4. The van der Waals surface area contributed by atoms with E-state index in [2.05, 4.69) is 10.6 Å². The van der Waals surface area contributed by atoms with Crippen molar-refractivity contribution in [2.24, 2.45) is 0 Å². The zero-order valence-electron chi connectivity index (χ0n) is 13.9. The molecule has 0 unspecified atom stereocenters. The van der Waals surface area contributed by atoms with E-state index in [0.29, 0.717) is 28.5 Å². The fourth-order valence-electron chi connectivity index (χ4n) is 2.11. The Morgan fingerprint density at radius 2 is 1.87 bits per heavy atom. The second kappa shape index (κ2) is 7.08. The molecular weight excluding hydrogens is 312 g/mol. The third kappa shape index (κ3) is 4.76. The van der Waals surface area contributed by atoms with Crippen LogP contribution < -0.4 is 10.6 Å². The van der Waals surface area contributed by atoms with E-state index < -0.39 is 0 Å². The quantitative estimate of drug-likeness (QED) is 0.891. The van der Waals surface area contributed by atoms with Gasteiger partial charge in [0.25, 0.3) is 11.8 Å². The van der Waals surface area contributed by atoms with Gasteiger partial charge in [0, 0.05) is 11.3 Å². The molecule has 0 saturated carbocycles. The lowest BCUT2D eigenvalue weighted by molar-refractivity contribution is -0.112. The Kier molecular flexibility index (Phi) is 5.36. The topological polar surface area (TPSA) is 67.4 Å². The normalized spacial score (nSPS) is 15.0. The number of carbonyl (C=O) groups is 2. The minimum atomic E-state index is -0.347. The molecule has 2 rings (SSSR count). The van der Waals surface area contributed by atoms with Crippen LogP contribution in [0.25, 0.3) is 0 Å². The molecule has 0 aliphatic carbocycles. The highest BCUT2D eigenvalue weighted by molar-refractivity contribution is 8.04. The lowest BCUT2D eigenvalue weighted by Gasteiger charge is -2.22. The van der Waals surface area contributed by atoms with E-state index in [1.807, 2.05) is 20.8 Å². The van der Waals surface area contributed by atoms with Crippen molar-refractivity contribution < 1.29 is 14.3 Å². The van der Waals surface area contributed by atoms with Gasteiger partial charge < -0.3 is 15.4 Å². The van der Waals surface area contributed by atoms with Gasteiger partial charge in [-0.25, -0.2) is 0 Å². The number of rotatable bonds is 3. The molecular formula is C17H22N2O3S. The van der Waals surface area contributed by atoms with Crippen LogP contribution in [0, 0.1) is 0 Å². The Balaban J connectivity index is 2.21. The average Bonchev–Trinajstić information content (AvgIpc) is 2.46. The van der Waals surface area contributed by atoms with Gasteiger partial charge in [-0.05, 0) is 39.8 Å². The molecule has 6 heteroatoms. The van der Waals surface area contributed by atoms with Crippen LogP contribution >= 0.6 is 11.8 Å². The summed E-state index contributed by atoms with van der Waals surface area (Å²) in [6, 6.07) is 6.98. The third-order valence-corrected chi connectivity index (χ3v) is 4.22. The molecule has 1 heterocycles. The fourth-order valence-corrected chi connectivity index (χ4v) is 2.92. The van der Waals surface area contributed by atoms with Gasteiger partial charge in [0.15, 0.2) is 0 Å². The summed E-state index contributed by atoms with van der Waals surface area (Å²) in [4.78, 5) is 25.4. The van der Waals surface area contributed by atoms with Gasteiger partial charge in [0.05, 0.1) is 17.9 Å². The highest BCUT2D eigenvalue weighted by atomic mass is 32.2. The molecule has 0 radical (unpaired) electrons. The number of benzene rings is 1. The molecule has 0 saturated heterocycles. The number of hydrogen-bond acceptors (Lipinski definition) is 4. The van der Waals surface area contributed by atoms with E-state index in [4.69, 9.17) is 4.74 Å². The van der Waals surface area contributed by atoms with Crippen molar-refractivity contribution >= 4 is 29.3 Å². The Labute approximate surface area is 140 Å². The maximum absolute atomic E-state index is 12.4. The van der Waals surface area contributed by atoms with Crippen LogP contribution in [0.3, 0.4) is 0 Å². The smallest absolute Gasteiger partial charge is 0.265 e. The van der Waals surface area contributed by atoms with Crippen LogP contribution in [0.5, 0.6) is 0 Å². The molecule has 0 aromatic heterocycles. The zero-order valence-corrected chi connectivity index (χ0v) is 14.7. The van der Waals surface area contributed by atoms with E-state index >= 15 is 0 Å². The minimum Gasteiger partial charge on any atom is -0.496 e. The first-order valence-electron chi connectivity index (χ1n) is 7.47. The summed E-state index contributed by atoms with van der Waals surface area (Å²) in [6.07, 6.45) is 0. The lowest BCUT2D eigenvalue weighted by atomic mass is 10.1. The van der Waals surface area contributed by atoms with Gasteiger partial charge in [-0.1, -0.05) is 12.1 Å². The molecule has 0 bridgehead atoms. The summed E-state index contributed by atoms with van der Waals surface area (Å²) >= 11 is 1.46. The lowest BCUT2D eigenvalue weighted by Crippen LogP contribution is -2.40. The number of para-hydroxylation sites is 1. The molecule has 0 spiro atoms. The number of anilines is 1. The van der Waals surface area contributed by atoms with Gasteiger partial charge in [-0.2, -0.15) is 0 Å². The molecule has 23 heavy (non-hydrogen) atoms. The second-order valence-corrected chi connectivity index (χ2v) is 7.39. The molecule has 0 fully saturated rings. The number of nitrogens with one attached hydrogen (secondary N) is 2. The highest BCUT2D eigenvalue weighted by Gasteiger charge is 2.22. The molecule has 2 amide bonds. The van der Waals surface area contributed by atoms with Crippen molar-refractivity contribution in [3.05, 3.63) is 40.5 Å². The summed E-state index contributed by atoms with van der Waals surface area (Å²) < 4.78 is 5.41. The SMILES string of the molecule is CC1=C(C(=O)Nc2ccccc2C(=O)NC(C)(C)C)SCCO1. The van der Waals surface area contributed by atoms with E-state index in [9.17, 15) is 9.59 Å². The standard InChI is InChI=1S/C17H22N2O3S/c1-11-14(23-10-9-22-11)16(21)18-13-8-6-5-7-12(13)15(20)19-17(2,3)4/h5-8H,9-10H2,1-4H3,(H,18,21)(H,19,20). The van der Waals surface area contributed by atoms with Crippen LogP contribution in [0.1, 0.15) is 38.1 Å². The summed E-state index contributed by atoms with van der Waals surface area (Å²) in [7, 11) is 0. The van der Waals surface area contributed by atoms with E-state index in [1.54, 1.807) is 31.2 Å². The first kappa shape index (κ1) is 17.4. The molecule has 1 aromatic rings.